The molecule has 0 fully saturated rings. The highest BCUT2D eigenvalue weighted by molar-refractivity contribution is 5.78. The van der Waals surface area contributed by atoms with E-state index in [4.69, 9.17) is 0 Å². The zero-order chi connectivity index (χ0) is 14.8. The fourth-order valence-electron chi connectivity index (χ4n) is 2.22. The lowest BCUT2D eigenvalue weighted by atomic mass is 10.2. The number of nitrogens with zero attached hydrogens (tertiary/aromatic N) is 2. The van der Waals surface area contributed by atoms with Crippen LogP contribution in [-0.4, -0.2) is 14.9 Å². The second-order valence-corrected chi connectivity index (χ2v) is 4.85. The van der Waals surface area contributed by atoms with Crippen molar-refractivity contribution >= 4 is 22.7 Å². The SMILES string of the molecule is Cc1ccc2nc(NCc3ccccc3[N+](=O)[O-])[nH]c2c1. The van der Waals surface area contributed by atoms with Gasteiger partial charge in [0.05, 0.1) is 16.0 Å². The first-order chi connectivity index (χ1) is 10.1. The van der Waals surface area contributed by atoms with Gasteiger partial charge in [0, 0.05) is 18.2 Å². The number of H-pyrrole nitrogens is 1. The van der Waals surface area contributed by atoms with Crippen molar-refractivity contribution < 1.29 is 4.92 Å². The van der Waals surface area contributed by atoms with Gasteiger partial charge in [-0.1, -0.05) is 24.3 Å². The summed E-state index contributed by atoms with van der Waals surface area (Å²) < 4.78 is 0. The molecule has 3 aromatic rings. The highest BCUT2D eigenvalue weighted by Crippen LogP contribution is 2.20. The topological polar surface area (TPSA) is 83.8 Å². The lowest BCUT2D eigenvalue weighted by molar-refractivity contribution is -0.385. The van der Waals surface area contributed by atoms with Crippen LogP contribution in [-0.2, 0) is 6.54 Å². The van der Waals surface area contributed by atoms with E-state index >= 15 is 0 Å². The molecule has 1 heterocycles. The van der Waals surface area contributed by atoms with E-state index in [0.717, 1.165) is 16.6 Å². The van der Waals surface area contributed by atoms with Gasteiger partial charge in [-0.2, -0.15) is 0 Å². The molecule has 2 N–H and O–H groups in total. The summed E-state index contributed by atoms with van der Waals surface area (Å²) >= 11 is 0. The van der Waals surface area contributed by atoms with E-state index in [0.29, 0.717) is 18.1 Å². The number of aromatic amines is 1. The first-order valence-corrected chi connectivity index (χ1v) is 6.56. The highest BCUT2D eigenvalue weighted by atomic mass is 16.6. The Labute approximate surface area is 121 Å². The molecule has 0 saturated heterocycles. The minimum absolute atomic E-state index is 0.108. The number of hydrogen-bond acceptors (Lipinski definition) is 4. The van der Waals surface area contributed by atoms with Crippen LogP contribution in [0.5, 0.6) is 0 Å². The number of para-hydroxylation sites is 1. The number of anilines is 1. The van der Waals surface area contributed by atoms with E-state index < -0.39 is 0 Å². The molecule has 0 radical (unpaired) electrons. The standard InChI is InChI=1S/C15H14N4O2/c1-10-6-7-12-13(8-10)18-15(17-12)16-9-11-4-2-3-5-14(11)19(20)21/h2-8H,9H2,1H3,(H2,16,17,18). The fraction of sp³-hybridized carbons (Fsp3) is 0.133. The van der Waals surface area contributed by atoms with Crippen molar-refractivity contribution in [3.8, 4) is 0 Å². The predicted molar refractivity (Wildman–Crippen MR) is 81.3 cm³/mol. The molecular weight excluding hydrogens is 268 g/mol. The van der Waals surface area contributed by atoms with Gasteiger partial charge in [0.1, 0.15) is 0 Å². The Bertz CT molecular complexity index is 810. The summed E-state index contributed by atoms with van der Waals surface area (Å²) in [5.41, 5.74) is 3.69. The lowest BCUT2D eigenvalue weighted by Crippen LogP contribution is -2.03. The van der Waals surface area contributed by atoms with E-state index in [2.05, 4.69) is 15.3 Å². The van der Waals surface area contributed by atoms with Gasteiger partial charge >= 0.3 is 0 Å². The third-order valence-corrected chi connectivity index (χ3v) is 3.27. The molecule has 106 valence electrons. The van der Waals surface area contributed by atoms with E-state index in [1.807, 2.05) is 25.1 Å². The molecule has 0 unspecified atom stereocenters. The molecule has 2 aromatic carbocycles. The smallest absolute Gasteiger partial charge is 0.274 e. The first-order valence-electron chi connectivity index (χ1n) is 6.56. The van der Waals surface area contributed by atoms with E-state index in [9.17, 15) is 10.1 Å². The molecular formula is C15H14N4O2. The van der Waals surface area contributed by atoms with E-state index in [1.54, 1.807) is 18.2 Å². The molecule has 0 spiro atoms. The maximum atomic E-state index is 11.0. The van der Waals surface area contributed by atoms with Crippen molar-refractivity contribution in [2.24, 2.45) is 0 Å². The van der Waals surface area contributed by atoms with Gasteiger partial charge in [0.25, 0.3) is 5.69 Å². The minimum atomic E-state index is -0.376. The molecule has 6 heteroatoms. The van der Waals surface area contributed by atoms with Crippen LogP contribution in [0.15, 0.2) is 42.5 Å². The van der Waals surface area contributed by atoms with Gasteiger partial charge in [0.15, 0.2) is 0 Å². The molecule has 0 atom stereocenters. The summed E-state index contributed by atoms with van der Waals surface area (Å²) in [6, 6.07) is 12.6. The molecule has 0 bridgehead atoms. The number of fused-ring (bicyclic) bond motifs is 1. The van der Waals surface area contributed by atoms with Gasteiger partial charge in [0.2, 0.25) is 5.95 Å². The molecule has 0 aliphatic heterocycles. The molecule has 3 rings (SSSR count). The summed E-state index contributed by atoms with van der Waals surface area (Å²) in [6.07, 6.45) is 0. The largest absolute Gasteiger partial charge is 0.351 e. The predicted octanol–water partition coefficient (Wildman–Crippen LogP) is 3.39. The summed E-state index contributed by atoms with van der Waals surface area (Å²) in [4.78, 5) is 18.2. The van der Waals surface area contributed by atoms with Crippen LogP contribution in [0.25, 0.3) is 11.0 Å². The van der Waals surface area contributed by atoms with E-state index in [-0.39, 0.29) is 10.6 Å². The van der Waals surface area contributed by atoms with Crippen LogP contribution in [0.2, 0.25) is 0 Å². The third kappa shape index (κ3) is 2.69. The van der Waals surface area contributed by atoms with Crippen LogP contribution in [0.3, 0.4) is 0 Å². The molecule has 0 aliphatic carbocycles. The maximum Gasteiger partial charge on any atom is 0.274 e. The van der Waals surface area contributed by atoms with Crippen molar-refractivity contribution in [3.05, 3.63) is 63.7 Å². The summed E-state index contributed by atoms with van der Waals surface area (Å²) in [5.74, 6) is 0.605. The molecule has 0 aliphatic rings. The van der Waals surface area contributed by atoms with Crippen molar-refractivity contribution in [2.45, 2.75) is 13.5 Å². The van der Waals surface area contributed by atoms with E-state index in [1.165, 1.54) is 6.07 Å². The number of aryl methyl sites for hydroxylation is 1. The zero-order valence-corrected chi connectivity index (χ0v) is 11.5. The quantitative estimate of drug-likeness (QED) is 0.567. The number of aromatic nitrogens is 2. The molecule has 0 saturated carbocycles. The summed E-state index contributed by atoms with van der Waals surface area (Å²) in [7, 11) is 0. The van der Waals surface area contributed by atoms with Gasteiger partial charge in [-0.3, -0.25) is 10.1 Å². The minimum Gasteiger partial charge on any atom is -0.351 e. The number of nitro benzene ring substituents is 1. The Hall–Kier alpha value is -2.89. The van der Waals surface area contributed by atoms with Crippen molar-refractivity contribution in [3.63, 3.8) is 0 Å². The number of nitrogens with one attached hydrogen (secondary N) is 2. The molecule has 0 amide bonds. The number of benzene rings is 2. The highest BCUT2D eigenvalue weighted by Gasteiger charge is 2.12. The third-order valence-electron chi connectivity index (χ3n) is 3.27. The fourth-order valence-corrected chi connectivity index (χ4v) is 2.22. The van der Waals surface area contributed by atoms with Crippen LogP contribution in [0, 0.1) is 17.0 Å². The second kappa shape index (κ2) is 5.24. The van der Waals surface area contributed by atoms with Gasteiger partial charge < -0.3 is 10.3 Å². The van der Waals surface area contributed by atoms with Gasteiger partial charge in [-0.15, -0.1) is 0 Å². The average Bonchev–Trinajstić information content (AvgIpc) is 2.87. The number of imidazole rings is 1. The van der Waals surface area contributed by atoms with Gasteiger partial charge in [-0.05, 0) is 24.6 Å². The van der Waals surface area contributed by atoms with Crippen LogP contribution < -0.4 is 5.32 Å². The van der Waals surface area contributed by atoms with Crippen molar-refractivity contribution in [1.29, 1.82) is 0 Å². The van der Waals surface area contributed by atoms with Crippen molar-refractivity contribution in [1.82, 2.24) is 9.97 Å². The zero-order valence-electron chi connectivity index (χ0n) is 11.5. The Kier molecular flexibility index (Phi) is 3.27. The van der Waals surface area contributed by atoms with Crippen LogP contribution in [0.4, 0.5) is 11.6 Å². The number of rotatable bonds is 4. The molecule has 1 aromatic heterocycles. The first kappa shape index (κ1) is 13.1. The Balaban J connectivity index is 1.82. The summed E-state index contributed by atoms with van der Waals surface area (Å²) in [6.45, 7) is 2.36. The monoisotopic (exact) mass is 282 g/mol. The summed E-state index contributed by atoms with van der Waals surface area (Å²) in [5, 5.41) is 14.1. The van der Waals surface area contributed by atoms with Crippen LogP contribution in [0.1, 0.15) is 11.1 Å². The van der Waals surface area contributed by atoms with Crippen LogP contribution >= 0.6 is 0 Å². The van der Waals surface area contributed by atoms with Crippen molar-refractivity contribution in [2.75, 3.05) is 5.32 Å². The number of hydrogen-bond donors (Lipinski definition) is 2. The molecule has 6 nitrogen and oxygen atoms in total. The number of nitro groups is 1. The normalized spacial score (nSPS) is 10.7. The average molecular weight is 282 g/mol. The Morgan fingerprint density at radius 3 is 2.90 bits per heavy atom. The second-order valence-electron chi connectivity index (χ2n) is 4.85. The molecule has 21 heavy (non-hydrogen) atoms. The lowest BCUT2D eigenvalue weighted by Gasteiger charge is -2.03. The Morgan fingerprint density at radius 1 is 1.29 bits per heavy atom. The maximum absolute atomic E-state index is 11.0. The Morgan fingerprint density at radius 2 is 2.10 bits per heavy atom. The van der Waals surface area contributed by atoms with Gasteiger partial charge in [-0.25, -0.2) is 4.98 Å².